The Kier molecular flexibility index (Phi) is 7.40. The van der Waals surface area contributed by atoms with Crippen molar-refractivity contribution in [2.45, 2.75) is 19.5 Å². The minimum atomic E-state index is -0.776. The smallest absolute Gasteiger partial charge is 0.294 e. The van der Waals surface area contributed by atoms with Crippen molar-refractivity contribution < 1.29 is 28.3 Å². The van der Waals surface area contributed by atoms with Crippen LogP contribution in [0.15, 0.2) is 42.6 Å². The van der Waals surface area contributed by atoms with E-state index in [1.54, 1.807) is 17.0 Å². The molecule has 3 aromatic rings. The molecule has 1 aromatic heterocycles. The number of aromatic nitrogens is 1. The topological polar surface area (TPSA) is 92.2 Å². The SMILES string of the molecule is COc1cc2c(cc1C(=O)N1CCN(Cc3ccc(F)cc3)CC1C)c(C(=O)C(=O)N(C)C)cn2C=O. The van der Waals surface area contributed by atoms with Crippen LogP contribution < -0.4 is 4.74 Å². The molecule has 194 valence electrons. The van der Waals surface area contributed by atoms with Crippen LogP contribution in [0, 0.1) is 5.82 Å². The first-order valence-electron chi connectivity index (χ1n) is 11.9. The molecule has 0 N–H and O–H groups in total. The number of halogens is 1. The highest BCUT2D eigenvalue weighted by molar-refractivity contribution is 6.45. The van der Waals surface area contributed by atoms with Crippen LogP contribution >= 0.6 is 0 Å². The Bertz CT molecular complexity index is 1370. The predicted octanol–water partition coefficient (Wildman–Crippen LogP) is 2.44. The van der Waals surface area contributed by atoms with Gasteiger partial charge in [0.05, 0.1) is 23.8 Å². The van der Waals surface area contributed by atoms with Crippen LogP contribution in [0.4, 0.5) is 4.39 Å². The molecule has 1 saturated heterocycles. The average Bonchev–Trinajstić information content (AvgIpc) is 3.25. The average molecular weight is 509 g/mol. The summed E-state index contributed by atoms with van der Waals surface area (Å²) in [7, 11) is 4.36. The molecule has 0 spiro atoms. The molecule has 0 radical (unpaired) electrons. The summed E-state index contributed by atoms with van der Waals surface area (Å²) in [5, 5.41) is 0.319. The van der Waals surface area contributed by atoms with Gasteiger partial charge in [-0.3, -0.25) is 28.6 Å². The van der Waals surface area contributed by atoms with Crippen LogP contribution in [-0.4, -0.2) is 90.2 Å². The summed E-state index contributed by atoms with van der Waals surface area (Å²) in [5.41, 5.74) is 1.62. The molecule has 0 bridgehead atoms. The van der Waals surface area contributed by atoms with Gasteiger partial charge >= 0.3 is 0 Å². The van der Waals surface area contributed by atoms with E-state index in [-0.39, 0.29) is 34.6 Å². The third-order valence-corrected chi connectivity index (χ3v) is 6.64. The first-order valence-corrected chi connectivity index (χ1v) is 11.9. The Morgan fingerprint density at radius 2 is 1.81 bits per heavy atom. The van der Waals surface area contributed by atoms with Crippen molar-refractivity contribution in [3.63, 3.8) is 0 Å². The Morgan fingerprint density at radius 3 is 2.41 bits per heavy atom. The zero-order valence-electron chi connectivity index (χ0n) is 21.2. The second-order valence-corrected chi connectivity index (χ2v) is 9.36. The highest BCUT2D eigenvalue weighted by Gasteiger charge is 2.31. The fourth-order valence-corrected chi connectivity index (χ4v) is 4.68. The normalized spacial score (nSPS) is 16.0. The molecule has 1 fully saturated rings. The van der Waals surface area contributed by atoms with Crippen molar-refractivity contribution in [3.8, 4) is 5.75 Å². The zero-order valence-corrected chi connectivity index (χ0v) is 21.2. The van der Waals surface area contributed by atoms with Gasteiger partial charge in [0.1, 0.15) is 11.6 Å². The van der Waals surface area contributed by atoms with Crippen molar-refractivity contribution in [2.24, 2.45) is 0 Å². The summed E-state index contributed by atoms with van der Waals surface area (Å²) in [6.07, 6.45) is 1.83. The Labute approximate surface area is 214 Å². The van der Waals surface area contributed by atoms with Gasteiger partial charge in [0.15, 0.2) is 0 Å². The Balaban J connectivity index is 1.63. The number of rotatable bonds is 7. The van der Waals surface area contributed by atoms with Gasteiger partial charge in [0.2, 0.25) is 6.41 Å². The van der Waals surface area contributed by atoms with E-state index in [1.807, 2.05) is 6.92 Å². The van der Waals surface area contributed by atoms with E-state index in [4.69, 9.17) is 4.74 Å². The number of amides is 2. The number of hydrogen-bond acceptors (Lipinski definition) is 6. The fourth-order valence-electron chi connectivity index (χ4n) is 4.68. The lowest BCUT2D eigenvalue weighted by Crippen LogP contribution is -2.53. The van der Waals surface area contributed by atoms with Crippen LogP contribution in [-0.2, 0) is 16.1 Å². The monoisotopic (exact) mass is 508 g/mol. The summed E-state index contributed by atoms with van der Waals surface area (Å²) in [6.45, 7) is 4.30. The standard InChI is InChI=1S/C27H29FN4O5/c1-17-13-30(14-18-5-7-19(28)8-6-18)9-10-32(17)26(35)21-11-20-22(25(34)27(36)29(2)3)15-31(16-33)23(20)12-24(21)37-4/h5-8,11-12,15-17H,9-10,13-14H2,1-4H3. The molecule has 1 aliphatic heterocycles. The number of Topliss-reactive ketones (excluding diaryl/α,β-unsaturated/α-hetero) is 1. The largest absolute Gasteiger partial charge is 0.496 e. The third-order valence-electron chi connectivity index (χ3n) is 6.64. The number of nitrogens with zero attached hydrogens (tertiary/aromatic N) is 4. The maximum atomic E-state index is 13.7. The molecule has 0 saturated carbocycles. The third kappa shape index (κ3) is 5.10. The van der Waals surface area contributed by atoms with E-state index < -0.39 is 11.7 Å². The summed E-state index contributed by atoms with van der Waals surface area (Å²) < 4.78 is 19.9. The summed E-state index contributed by atoms with van der Waals surface area (Å²) in [6, 6.07) is 9.30. The van der Waals surface area contributed by atoms with Crippen molar-refractivity contribution in [1.29, 1.82) is 0 Å². The van der Waals surface area contributed by atoms with Crippen LogP contribution in [0.5, 0.6) is 5.75 Å². The Morgan fingerprint density at radius 1 is 1.11 bits per heavy atom. The highest BCUT2D eigenvalue weighted by Crippen LogP contribution is 2.31. The molecule has 1 aliphatic rings. The lowest BCUT2D eigenvalue weighted by atomic mass is 10.0. The molecule has 1 unspecified atom stereocenters. The number of likely N-dealkylation sites (N-methyl/N-ethyl adjacent to an activating group) is 1. The number of carbonyl (C=O) groups excluding carboxylic acids is 4. The fraction of sp³-hybridized carbons (Fsp3) is 0.333. The van der Waals surface area contributed by atoms with Gasteiger partial charge in [0, 0.05) is 64.0 Å². The van der Waals surface area contributed by atoms with Crippen LogP contribution in [0.2, 0.25) is 0 Å². The van der Waals surface area contributed by atoms with E-state index in [0.717, 1.165) is 10.5 Å². The van der Waals surface area contributed by atoms with Gasteiger partial charge < -0.3 is 14.5 Å². The summed E-state index contributed by atoms with van der Waals surface area (Å²) in [5.74, 6) is -1.80. The molecule has 10 heteroatoms. The molecule has 37 heavy (non-hydrogen) atoms. The molecule has 2 amide bonds. The minimum Gasteiger partial charge on any atom is -0.496 e. The van der Waals surface area contributed by atoms with Gasteiger partial charge in [-0.2, -0.15) is 0 Å². The molecule has 2 aromatic carbocycles. The maximum absolute atomic E-state index is 13.7. The van der Waals surface area contributed by atoms with Crippen molar-refractivity contribution in [1.82, 2.24) is 19.3 Å². The molecular formula is C27H29FN4O5. The number of ether oxygens (including phenoxy) is 1. The molecule has 2 heterocycles. The number of piperazine rings is 1. The molecular weight excluding hydrogens is 479 g/mol. The lowest BCUT2D eigenvalue weighted by Gasteiger charge is -2.40. The van der Waals surface area contributed by atoms with Crippen molar-refractivity contribution in [3.05, 3.63) is 65.1 Å². The summed E-state index contributed by atoms with van der Waals surface area (Å²) >= 11 is 0. The van der Waals surface area contributed by atoms with Gasteiger partial charge in [0.25, 0.3) is 17.6 Å². The van der Waals surface area contributed by atoms with Crippen LogP contribution in [0.3, 0.4) is 0 Å². The quantitative estimate of drug-likeness (QED) is 0.277. The Hall–Kier alpha value is -4.05. The minimum absolute atomic E-state index is 0.0367. The van der Waals surface area contributed by atoms with E-state index in [1.165, 1.54) is 56.2 Å². The van der Waals surface area contributed by atoms with Gasteiger partial charge in [-0.1, -0.05) is 12.1 Å². The lowest BCUT2D eigenvalue weighted by molar-refractivity contribution is -0.124. The van der Waals surface area contributed by atoms with E-state index in [9.17, 15) is 23.6 Å². The second-order valence-electron chi connectivity index (χ2n) is 9.36. The molecule has 0 aliphatic carbocycles. The van der Waals surface area contributed by atoms with Gasteiger partial charge in [-0.15, -0.1) is 0 Å². The number of benzene rings is 2. The number of carbonyl (C=O) groups is 4. The van der Waals surface area contributed by atoms with Gasteiger partial charge in [-0.25, -0.2) is 4.39 Å². The van der Waals surface area contributed by atoms with Crippen LogP contribution in [0.1, 0.15) is 33.2 Å². The molecule has 4 rings (SSSR count). The van der Waals surface area contributed by atoms with E-state index in [0.29, 0.717) is 43.5 Å². The molecule has 1 atom stereocenters. The highest BCUT2D eigenvalue weighted by atomic mass is 19.1. The maximum Gasteiger partial charge on any atom is 0.294 e. The van der Waals surface area contributed by atoms with Crippen LogP contribution in [0.25, 0.3) is 10.9 Å². The van der Waals surface area contributed by atoms with E-state index in [2.05, 4.69) is 4.90 Å². The van der Waals surface area contributed by atoms with Crippen molar-refractivity contribution in [2.75, 3.05) is 40.8 Å². The second kappa shape index (κ2) is 10.5. The molecule has 9 nitrogen and oxygen atoms in total. The number of fused-ring (bicyclic) bond motifs is 1. The first kappa shape index (κ1) is 26.0. The zero-order chi connectivity index (χ0) is 26.9. The first-order chi connectivity index (χ1) is 17.6. The number of hydrogen-bond donors (Lipinski definition) is 0. The van der Waals surface area contributed by atoms with E-state index >= 15 is 0 Å². The summed E-state index contributed by atoms with van der Waals surface area (Å²) in [4.78, 5) is 55.7. The predicted molar refractivity (Wildman–Crippen MR) is 136 cm³/mol. The van der Waals surface area contributed by atoms with Gasteiger partial charge in [-0.05, 0) is 30.7 Å². The number of ketones is 1. The van der Waals surface area contributed by atoms with Crippen molar-refractivity contribution >= 4 is 34.9 Å². The number of methoxy groups -OCH3 is 1.